The molecule has 0 saturated heterocycles. The van der Waals surface area contributed by atoms with Gasteiger partial charge in [0.15, 0.2) is 11.5 Å². The summed E-state index contributed by atoms with van der Waals surface area (Å²) in [6.45, 7) is 3.33. The maximum Gasteiger partial charge on any atom is 0.161 e. The fourth-order valence-electron chi connectivity index (χ4n) is 3.39. The van der Waals surface area contributed by atoms with E-state index >= 15 is 0 Å². The average molecular weight is 397 g/mol. The Morgan fingerprint density at radius 2 is 1.97 bits per heavy atom. The van der Waals surface area contributed by atoms with Gasteiger partial charge < -0.3 is 19.9 Å². The second-order valence-corrected chi connectivity index (χ2v) is 7.15. The molecule has 2 aromatic carbocycles. The number of fused-ring (bicyclic) bond motifs is 1. The van der Waals surface area contributed by atoms with Crippen LogP contribution in [0.4, 0.5) is 10.1 Å². The Morgan fingerprint density at radius 1 is 1.17 bits per heavy atom. The number of aliphatic hydroxyl groups is 1. The van der Waals surface area contributed by atoms with Gasteiger partial charge in [0.2, 0.25) is 0 Å². The van der Waals surface area contributed by atoms with E-state index in [9.17, 15) is 9.50 Å². The van der Waals surface area contributed by atoms with Gasteiger partial charge in [-0.15, -0.1) is 0 Å². The van der Waals surface area contributed by atoms with E-state index < -0.39 is 11.9 Å². The largest absolute Gasteiger partial charge is 0.490 e. The molecule has 152 valence electrons. The molecule has 1 unspecified atom stereocenters. The van der Waals surface area contributed by atoms with Crippen LogP contribution in [0, 0.1) is 5.82 Å². The molecule has 4 rings (SSSR count). The number of nitrogens with one attached hydrogen (secondary N) is 1. The van der Waals surface area contributed by atoms with Gasteiger partial charge in [-0.25, -0.2) is 4.39 Å². The molecular formula is C22H24FN3O3. The third kappa shape index (κ3) is 4.19. The fraction of sp³-hybridized carbons (Fsp3) is 0.318. The lowest BCUT2D eigenvalue weighted by atomic mass is 10.1. The van der Waals surface area contributed by atoms with E-state index in [4.69, 9.17) is 9.47 Å². The first-order valence-electron chi connectivity index (χ1n) is 9.65. The molecule has 1 aliphatic heterocycles. The zero-order valence-corrected chi connectivity index (χ0v) is 16.5. The first-order valence-corrected chi connectivity index (χ1v) is 9.65. The number of hydrogen-bond donors (Lipinski definition) is 2. The molecule has 0 spiro atoms. The van der Waals surface area contributed by atoms with Crippen LogP contribution >= 0.6 is 0 Å². The zero-order valence-electron chi connectivity index (χ0n) is 16.5. The standard InChI is InChI=1S/C22H24FN3O3/c1-14(27)18-11-17(5-6-19(18)23)24-12-16-13-26(2)25-22(16)15-4-7-20-21(10-15)29-9-3-8-28-20/h4-7,10-11,13-14,24,27H,3,8-9,12H2,1-2H3. The summed E-state index contributed by atoms with van der Waals surface area (Å²) in [6, 6.07) is 10.5. The first kappa shape index (κ1) is 19.3. The summed E-state index contributed by atoms with van der Waals surface area (Å²) in [5.74, 6) is 1.06. The van der Waals surface area contributed by atoms with Crippen LogP contribution in [0.25, 0.3) is 11.3 Å². The summed E-state index contributed by atoms with van der Waals surface area (Å²) in [7, 11) is 1.87. The predicted molar refractivity (Wildman–Crippen MR) is 109 cm³/mol. The van der Waals surface area contributed by atoms with Crippen molar-refractivity contribution in [3.8, 4) is 22.8 Å². The summed E-state index contributed by atoms with van der Waals surface area (Å²) in [5, 5.41) is 17.6. The maximum atomic E-state index is 13.8. The van der Waals surface area contributed by atoms with Crippen molar-refractivity contribution in [3.63, 3.8) is 0 Å². The molecule has 1 aliphatic rings. The molecule has 2 N–H and O–H groups in total. The van der Waals surface area contributed by atoms with Crippen LogP contribution in [0.5, 0.6) is 11.5 Å². The van der Waals surface area contributed by atoms with Crippen molar-refractivity contribution in [2.45, 2.75) is 26.0 Å². The van der Waals surface area contributed by atoms with E-state index in [0.29, 0.717) is 19.8 Å². The molecule has 6 nitrogen and oxygen atoms in total. The van der Waals surface area contributed by atoms with Crippen LogP contribution in [-0.2, 0) is 13.6 Å². The van der Waals surface area contributed by atoms with Gasteiger partial charge >= 0.3 is 0 Å². The first-order chi connectivity index (χ1) is 14.0. The minimum Gasteiger partial charge on any atom is -0.490 e. The lowest BCUT2D eigenvalue weighted by molar-refractivity contribution is 0.194. The number of hydrogen-bond acceptors (Lipinski definition) is 5. The Hall–Kier alpha value is -3.06. The van der Waals surface area contributed by atoms with Crippen molar-refractivity contribution >= 4 is 5.69 Å². The number of ether oxygens (including phenoxy) is 2. The number of rotatable bonds is 5. The SMILES string of the molecule is CC(O)c1cc(NCc2cn(C)nc2-c2ccc3c(c2)OCCCO3)ccc1F. The fourth-order valence-corrected chi connectivity index (χ4v) is 3.39. The molecule has 29 heavy (non-hydrogen) atoms. The second-order valence-electron chi connectivity index (χ2n) is 7.15. The van der Waals surface area contributed by atoms with Crippen LogP contribution < -0.4 is 14.8 Å². The third-order valence-electron chi connectivity index (χ3n) is 4.85. The molecule has 1 aromatic heterocycles. The molecule has 3 aromatic rings. The number of aryl methyl sites for hydroxylation is 1. The van der Waals surface area contributed by atoms with E-state index in [1.807, 2.05) is 31.4 Å². The summed E-state index contributed by atoms with van der Waals surface area (Å²) < 4.78 is 27.1. The summed E-state index contributed by atoms with van der Waals surface area (Å²) >= 11 is 0. The highest BCUT2D eigenvalue weighted by Gasteiger charge is 2.16. The van der Waals surface area contributed by atoms with Gasteiger partial charge in [0.25, 0.3) is 0 Å². The Bertz CT molecular complexity index is 1020. The third-order valence-corrected chi connectivity index (χ3v) is 4.85. The van der Waals surface area contributed by atoms with Crippen LogP contribution in [0.1, 0.15) is 30.6 Å². The van der Waals surface area contributed by atoms with Crippen molar-refractivity contribution in [1.29, 1.82) is 0 Å². The summed E-state index contributed by atoms with van der Waals surface area (Å²) in [6.07, 6.45) is 1.94. The zero-order chi connectivity index (χ0) is 20.4. The topological polar surface area (TPSA) is 68.5 Å². The molecular weight excluding hydrogens is 373 g/mol. The molecule has 0 radical (unpaired) electrons. The monoisotopic (exact) mass is 397 g/mol. The highest BCUT2D eigenvalue weighted by atomic mass is 19.1. The molecule has 2 heterocycles. The Kier molecular flexibility index (Phi) is 5.40. The van der Waals surface area contributed by atoms with E-state index in [1.54, 1.807) is 23.7 Å². The molecule has 0 aliphatic carbocycles. The van der Waals surface area contributed by atoms with Gasteiger partial charge in [0, 0.05) is 48.6 Å². The van der Waals surface area contributed by atoms with Gasteiger partial charge in [-0.3, -0.25) is 4.68 Å². The number of anilines is 1. The minimum absolute atomic E-state index is 0.268. The summed E-state index contributed by atoms with van der Waals surface area (Å²) in [5.41, 5.74) is 3.77. The molecule has 1 atom stereocenters. The Morgan fingerprint density at radius 3 is 2.76 bits per heavy atom. The van der Waals surface area contributed by atoms with Gasteiger partial charge in [0.05, 0.1) is 25.0 Å². The highest BCUT2D eigenvalue weighted by Crippen LogP contribution is 2.35. The maximum absolute atomic E-state index is 13.8. The molecule has 0 bridgehead atoms. The molecule has 0 saturated carbocycles. The van der Waals surface area contributed by atoms with E-state index in [0.717, 1.165) is 40.4 Å². The number of halogens is 1. The van der Waals surface area contributed by atoms with Crippen molar-refractivity contribution < 1.29 is 19.0 Å². The number of nitrogens with zero attached hydrogens (tertiary/aromatic N) is 2. The number of aromatic nitrogens is 2. The van der Waals surface area contributed by atoms with Crippen LogP contribution in [0.2, 0.25) is 0 Å². The van der Waals surface area contributed by atoms with Gasteiger partial charge in [-0.1, -0.05) is 0 Å². The number of benzene rings is 2. The van der Waals surface area contributed by atoms with Gasteiger partial charge in [-0.2, -0.15) is 5.10 Å². The lowest BCUT2D eigenvalue weighted by Gasteiger charge is -2.12. The second kappa shape index (κ2) is 8.13. The minimum atomic E-state index is -0.868. The highest BCUT2D eigenvalue weighted by molar-refractivity contribution is 5.67. The Balaban J connectivity index is 1.58. The molecule has 0 amide bonds. The van der Waals surface area contributed by atoms with E-state index in [1.165, 1.54) is 6.07 Å². The summed E-state index contributed by atoms with van der Waals surface area (Å²) in [4.78, 5) is 0. The van der Waals surface area contributed by atoms with Crippen LogP contribution in [-0.4, -0.2) is 28.1 Å². The predicted octanol–water partition coefficient (Wildman–Crippen LogP) is 4.05. The van der Waals surface area contributed by atoms with Gasteiger partial charge in [0.1, 0.15) is 5.82 Å². The van der Waals surface area contributed by atoms with Crippen molar-refractivity contribution in [2.24, 2.45) is 7.05 Å². The molecule has 0 fully saturated rings. The lowest BCUT2D eigenvalue weighted by Crippen LogP contribution is -2.03. The van der Waals surface area contributed by atoms with Gasteiger partial charge in [-0.05, 0) is 43.3 Å². The average Bonchev–Trinajstić information content (AvgIpc) is 2.92. The van der Waals surface area contributed by atoms with Crippen molar-refractivity contribution in [2.75, 3.05) is 18.5 Å². The van der Waals surface area contributed by atoms with Crippen LogP contribution in [0.15, 0.2) is 42.6 Å². The van der Waals surface area contributed by atoms with Crippen LogP contribution in [0.3, 0.4) is 0 Å². The Labute approximate surface area is 168 Å². The smallest absolute Gasteiger partial charge is 0.161 e. The number of aliphatic hydroxyl groups excluding tert-OH is 1. The van der Waals surface area contributed by atoms with E-state index in [2.05, 4.69) is 10.4 Å². The molecule has 7 heteroatoms. The van der Waals surface area contributed by atoms with E-state index in [-0.39, 0.29) is 5.56 Å². The quantitative estimate of drug-likeness (QED) is 0.680. The van der Waals surface area contributed by atoms with Crippen molar-refractivity contribution in [1.82, 2.24) is 9.78 Å². The van der Waals surface area contributed by atoms with Crippen molar-refractivity contribution in [3.05, 3.63) is 59.5 Å². The normalized spacial score (nSPS) is 14.3.